The topological polar surface area (TPSA) is 59.1 Å². The van der Waals surface area contributed by atoms with Gasteiger partial charge in [0.15, 0.2) is 0 Å². The second-order valence-corrected chi connectivity index (χ2v) is 4.52. The molecule has 0 aromatic carbocycles. The summed E-state index contributed by atoms with van der Waals surface area (Å²) >= 11 is 3.21. The minimum absolute atomic E-state index is 0.269. The van der Waals surface area contributed by atoms with Crippen molar-refractivity contribution in [3.63, 3.8) is 0 Å². The van der Waals surface area contributed by atoms with Gasteiger partial charge in [-0.25, -0.2) is 0 Å². The van der Waals surface area contributed by atoms with Crippen LogP contribution in [0.4, 0.5) is 0 Å². The summed E-state index contributed by atoms with van der Waals surface area (Å²) in [5, 5.41) is 2.28. The molecule has 1 aliphatic rings. The summed E-state index contributed by atoms with van der Waals surface area (Å²) in [6.07, 6.45) is 3.32. The first-order chi connectivity index (χ1) is 7.09. The van der Waals surface area contributed by atoms with E-state index in [4.69, 9.17) is 0 Å². The second-order valence-electron chi connectivity index (χ2n) is 3.53. The molecule has 0 aliphatic carbocycles. The first-order valence-corrected chi connectivity index (χ1v) is 5.41. The van der Waals surface area contributed by atoms with Crippen LogP contribution in [0.15, 0.2) is 18.5 Å². The maximum Gasteiger partial charge on any atom is 0.241 e. The first-order valence-electron chi connectivity index (χ1n) is 4.50. The summed E-state index contributed by atoms with van der Waals surface area (Å²) in [7, 11) is 0. The Morgan fingerprint density at radius 2 is 2.07 bits per heavy atom. The minimum Gasteiger partial charge on any atom is -0.295 e. The number of amides is 2. The Morgan fingerprint density at radius 3 is 2.60 bits per heavy atom. The Hall–Kier alpha value is -1.23. The lowest BCUT2D eigenvalue weighted by atomic mass is 9.98. The Labute approximate surface area is 95.2 Å². The smallest absolute Gasteiger partial charge is 0.241 e. The largest absolute Gasteiger partial charge is 0.295 e. The number of nitrogens with one attached hydrogen (secondary N) is 1. The third kappa shape index (κ3) is 1.79. The normalized spacial score (nSPS) is 25.5. The maximum atomic E-state index is 11.5. The number of aromatic nitrogens is 1. The molecule has 2 rings (SSSR count). The monoisotopic (exact) mass is 268 g/mol. The molecule has 2 heterocycles. The summed E-state index contributed by atoms with van der Waals surface area (Å²) in [6, 6.07) is 1.87. The summed E-state index contributed by atoms with van der Waals surface area (Å²) in [5.74, 6) is -1.02. The molecule has 2 unspecified atom stereocenters. The van der Waals surface area contributed by atoms with Crippen molar-refractivity contribution in [3.05, 3.63) is 29.6 Å². The van der Waals surface area contributed by atoms with Gasteiger partial charge < -0.3 is 0 Å². The number of nitrogens with zero attached hydrogens (tertiary/aromatic N) is 1. The number of hydrogen-bond acceptors (Lipinski definition) is 3. The van der Waals surface area contributed by atoms with Crippen LogP contribution in [0.3, 0.4) is 0 Å². The molecule has 0 spiro atoms. The number of rotatable bonds is 1. The molecule has 0 radical (unpaired) electrons. The Bertz CT molecular complexity index is 433. The van der Waals surface area contributed by atoms with E-state index in [0.717, 1.165) is 11.1 Å². The van der Waals surface area contributed by atoms with Crippen molar-refractivity contribution in [2.75, 3.05) is 0 Å². The summed E-state index contributed by atoms with van der Waals surface area (Å²) in [4.78, 5) is 26.3. The molecular formula is C10H9BrN2O2. The zero-order valence-electron chi connectivity index (χ0n) is 8.03. The first kappa shape index (κ1) is 10.3. The molecule has 1 aromatic rings. The van der Waals surface area contributed by atoms with E-state index in [9.17, 15) is 9.59 Å². The van der Waals surface area contributed by atoms with Crippen molar-refractivity contribution in [1.29, 1.82) is 0 Å². The molecular weight excluding hydrogens is 260 g/mol. The fraction of sp³-hybridized carbons (Fsp3) is 0.300. The van der Waals surface area contributed by atoms with Gasteiger partial charge in [0.2, 0.25) is 11.8 Å². The van der Waals surface area contributed by atoms with Crippen molar-refractivity contribution in [1.82, 2.24) is 10.3 Å². The van der Waals surface area contributed by atoms with Crippen LogP contribution in [0.1, 0.15) is 17.0 Å². The van der Waals surface area contributed by atoms with Gasteiger partial charge in [-0.15, -0.1) is 0 Å². The van der Waals surface area contributed by atoms with Gasteiger partial charge in [-0.3, -0.25) is 19.9 Å². The van der Waals surface area contributed by atoms with Crippen LogP contribution in [0.2, 0.25) is 0 Å². The quantitative estimate of drug-likeness (QED) is 0.608. The summed E-state index contributed by atoms with van der Waals surface area (Å²) in [6.45, 7) is 1.90. The lowest BCUT2D eigenvalue weighted by Gasteiger charge is -2.09. The lowest BCUT2D eigenvalue weighted by Crippen LogP contribution is -2.22. The highest BCUT2D eigenvalue weighted by Crippen LogP contribution is 2.29. The molecule has 4 nitrogen and oxygen atoms in total. The average molecular weight is 269 g/mol. The molecule has 2 atom stereocenters. The lowest BCUT2D eigenvalue weighted by molar-refractivity contribution is -0.125. The fourth-order valence-electron chi connectivity index (χ4n) is 1.62. The molecule has 2 amide bonds. The molecule has 1 saturated heterocycles. The van der Waals surface area contributed by atoms with E-state index in [1.54, 1.807) is 12.4 Å². The maximum absolute atomic E-state index is 11.5. The third-order valence-electron chi connectivity index (χ3n) is 2.33. The minimum atomic E-state index is -0.492. The Balaban J connectivity index is 2.39. The molecule has 1 N–H and O–H groups in total. The Morgan fingerprint density at radius 1 is 1.33 bits per heavy atom. The van der Waals surface area contributed by atoms with Crippen molar-refractivity contribution in [2.45, 2.75) is 17.7 Å². The molecule has 1 aromatic heterocycles. The van der Waals surface area contributed by atoms with E-state index in [0.29, 0.717) is 0 Å². The zero-order valence-corrected chi connectivity index (χ0v) is 9.61. The zero-order chi connectivity index (χ0) is 11.0. The van der Waals surface area contributed by atoms with E-state index in [1.807, 2.05) is 13.0 Å². The molecule has 78 valence electrons. The standard InChI is InChI=1S/C10H9BrN2O2/c1-5-2-6(4-12-3-5)7-8(11)10(15)13-9(7)14/h2-4,7-8H,1H3,(H,13,14,15). The van der Waals surface area contributed by atoms with Crippen LogP contribution in [0.25, 0.3) is 0 Å². The third-order valence-corrected chi connectivity index (χ3v) is 3.27. The molecule has 5 heteroatoms. The molecule has 15 heavy (non-hydrogen) atoms. The van der Waals surface area contributed by atoms with E-state index in [2.05, 4.69) is 26.2 Å². The Kier molecular flexibility index (Phi) is 2.56. The van der Waals surface area contributed by atoms with Gasteiger partial charge in [0, 0.05) is 12.4 Å². The van der Waals surface area contributed by atoms with Crippen LogP contribution in [0.5, 0.6) is 0 Å². The average Bonchev–Trinajstić information content (AvgIpc) is 2.41. The fourth-order valence-corrected chi connectivity index (χ4v) is 2.28. The van der Waals surface area contributed by atoms with E-state index < -0.39 is 10.7 Å². The van der Waals surface area contributed by atoms with Crippen molar-refractivity contribution >= 4 is 27.7 Å². The van der Waals surface area contributed by atoms with Crippen LogP contribution in [-0.2, 0) is 9.59 Å². The SMILES string of the molecule is Cc1cncc(C2C(=O)NC(=O)C2Br)c1. The number of pyridine rings is 1. The van der Waals surface area contributed by atoms with Gasteiger partial charge in [-0.05, 0) is 18.1 Å². The van der Waals surface area contributed by atoms with Gasteiger partial charge in [0.25, 0.3) is 0 Å². The molecule has 1 aliphatic heterocycles. The number of alkyl halides is 1. The van der Waals surface area contributed by atoms with Crippen molar-refractivity contribution < 1.29 is 9.59 Å². The van der Waals surface area contributed by atoms with Gasteiger partial charge in [-0.1, -0.05) is 22.0 Å². The van der Waals surface area contributed by atoms with Gasteiger partial charge in [0.05, 0.1) is 5.92 Å². The van der Waals surface area contributed by atoms with Crippen LogP contribution in [0, 0.1) is 6.92 Å². The second kappa shape index (κ2) is 3.73. The molecule has 0 bridgehead atoms. The van der Waals surface area contributed by atoms with Crippen molar-refractivity contribution in [3.8, 4) is 0 Å². The van der Waals surface area contributed by atoms with Gasteiger partial charge in [-0.2, -0.15) is 0 Å². The van der Waals surface area contributed by atoms with Crippen LogP contribution < -0.4 is 5.32 Å². The van der Waals surface area contributed by atoms with E-state index in [-0.39, 0.29) is 11.8 Å². The highest BCUT2D eigenvalue weighted by molar-refractivity contribution is 9.10. The van der Waals surface area contributed by atoms with Gasteiger partial charge >= 0.3 is 0 Å². The summed E-state index contributed by atoms with van der Waals surface area (Å²) < 4.78 is 0. The summed E-state index contributed by atoms with van der Waals surface area (Å²) in [5.41, 5.74) is 1.74. The highest BCUT2D eigenvalue weighted by atomic mass is 79.9. The number of halogens is 1. The molecule has 0 saturated carbocycles. The predicted molar refractivity (Wildman–Crippen MR) is 57.6 cm³/mol. The number of aryl methyl sites for hydroxylation is 1. The predicted octanol–water partition coefficient (Wildman–Crippen LogP) is 0.894. The van der Waals surface area contributed by atoms with Gasteiger partial charge in [0.1, 0.15) is 4.83 Å². The van der Waals surface area contributed by atoms with Crippen LogP contribution in [-0.4, -0.2) is 21.6 Å². The van der Waals surface area contributed by atoms with E-state index in [1.165, 1.54) is 0 Å². The molecule has 1 fully saturated rings. The number of hydrogen-bond donors (Lipinski definition) is 1. The van der Waals surface area contributed by atoms with Crippen LogP contribution >= 0.6 is 15.9 Å². The number of carbonyl (C=O) groups excluding carboxylic acids is 2. The highest BCUT2D eigenvalue weighted by Gasteiger charge is 2.41. The number of imide groups is 1. The van der Waals surface area contributed by atoms with E-state index >= 15 is 0 Å². The van der Waals surface area contributed by atoms with Crippen molar-refractivity contribution in [2.24, 2.45) is 0 Å². The number of carbonyl (C=O) groups is 2.